The SMILES string of the molecule is O=C(CSc1nnc(CCCCCN2C(=O)c3cccc4cccc(c34)C2=O)o1)Nc1c(C(=O)Nc2ccccc2)sc(=S)n1-c1ccccc1. The maximum Gasteiger partial charge on any atom is 0.277 e. The van der Waals surface area contributed by atoms with Crippen LogP contribution in [-0.2, 0) is 11.2 Å². The van der Waals surface area contributed by atoms with Crippen molar-refractivity contribution >= 4 is 81.2 Å². The van der Waals surface area contributed by atoms with E-state index in [1.54, 1.807) is 28.8 Å². The highest BCUT2D eigenvalue weighted by atomic mass is 32.2. The van der Waals surface area contributed by atoms with Gasteiger partial charge >= 0.3 is 0 Å². The van der Waals surface area contributed by atoms with E-state index in [0.717, 1.165) is 40.3 Å². The Hall–Kier alpha value is -5.44. The highest BCUT2D eigenvalue weighted by molar-refractivity contribution is 7.99. The Kier molecular flexibility index (Phi) is 10.1. The van der Waals surface area contributed by atoms with Gasteiger partial charge in [-0.05, 0) is 66.8 Å². The molecule has 0 fully saturated rings. The first-order chi connectivity index (χ1) is 24.9. The number of thioether (sulfide) groups is 1. The summed E-state index contributed by atoms with van der Waals surface area (Å²) in [5, 5.41) is 15.8. The highest BCUT2D eigenvalue weighted by Crippen LogP contribution is 2.32. The van der Waals surface area contributed by atoms with E-state index in [2.05, 4.69) is 20.8 Å². The van der Waals surface area contributed by atoms with Crippen LogP contribution >= 0.6 is 35.3 Å². The van der Waals surface area contributed by atoms with Crippen molar-refractivity contribution in [2.24, 2.45) is 0 Å². The molecule has 2 aromatic heterocycles. The van der Waals surface area contributed by atoms with Crippen molar-refractivity contribution in [3.05, 3.63) is 123 Å². The summed E-state index contributed by atoms with van der Waals surface area (Å²) in [5.41, 5.74) is 2.43. The molecule has 7 rings (SSSR count). The van der Waals surface area contributed by atoms with Crippen LogP contribution in [0.15, 0.2) is 107 Å². The van der Waals surface area contributed by atoms with E-state index in [9.17, 15) is 19.2 Å². The van der Waals surface area contributed by atoms with E-state index in [1.807, 2.05) is 72.8 Å². The lowest BCUT2D eigenvalue weighted by Gasteiger charge is -2.27. The maximum absolute atomic E-state index is 13.3. The fraction of sp³-hybridized carbons (Fsp3) is 0.162. The van der Waals surface area contributed by atoms with E-state index in [1.165, 1.54) is 4.90 Å². The molecule has 0 spiro atoms. The summed E-state index contributed by atoms with van der Waals surface area (Å²) in [7, 11) is 0. The van der Waals surface area contributed by atoms with E-state index < -0.39 is 5.91 Å². The van der Waals surface area contributed by atoms with Gasteiger partial charge in [-0.3, -0.25) is 28.6 Å². The van der Waals surface area contributed by atoms with Gasteiger partial charge in [0, 0.05) is 40.9 Å². The largest absolute Gasteiger partial charge is 0.416 e. The molecule has 2 N–H and O–H groups in total. The molecular weight excluding hydrogens is 705 g/mol. The fourth-order valence-electron chi connectivity index (χ4n) is 5.86. The van der Waals surface area contributed by atoms with Gasteiger partial charge in [0.15, 0.2) is 3.95 Å². The number of amides is 4. The predicted molar refractivity (Wildman–Crippen MR) is 199 cm³/mol. The smallest absolute Gasteiger partial charge is 0.277 e. The normalized spacial score (nSPS) is 12.4. The van der Waals surface area contributed by atoms with Crippen LogP contribution in [0.1, 0.15) is 55.5 Å². The van der Waals surface area contributed by atoms with Crippen LogP contribution < -0.4 is 10.6 Å². The van der Waals surface area contributed by atoms with E-state index >= 15 is 0 Å². The summed E-state index contributed by atoms with van der Waals surface area (Å²) < 4.78 is 7.84. The van der Waals surface area contributed by atoms with Gasteiger partial charge in [0.25, 0.3) is 22.9 Å². The second kappa shape index (κ2) is 15.2. The van der Waals surface area contributed by atoms with E-state index in [4.69, 9.17) is 16.6 Å². The third kappa shape index (κ3) is 7.38. The topological polar surface area (TPSA) is 139 Å². The Bertz CT molecular complexity index is 2270. The molecule has 4 aromatic carbocycles. The number of aromatic nitrogens is 3. The lowest BCUT2D eigenvalue weighted by molar-refractivity contribution is -0.113. The number of nitrogens with zero attached hydrogens (tertiary/aromatic N) is 4. The van der Waals surface area contributed by atoms with Crippen LogP contribution in [0.4, 0.5) is 11.5 Å². The Morgan fingerprint density at radius 1 is 0.804 bits per heavy atom. The van der Waals surface area contributed by atoms with Gasteiger partial charge in [0.05, 0.1) is 5.75 Å². The Morgan fingerprint density at radius 2 is 1.49 bits per heavy atom. The van der Waals surface area contributed by atoms with E-state index in [-0.39, 0.29) is 39.4 Å². The molecule has 11 nitrogen and oxygen atoms in total. The summed E-state index contributed by atoms with van der Waals surface area (Å²) in [6.45, 7) is 0.319. The van der Waals surface area contributed by atoms with Crippen molar-refractivity contribution in [1.82, 2.24) is 19.7 Å². The number of carbonyl (C=O) groups is 4. The number of rotatable bonds is 13. The summed E-state index contributed by atoms with van der Waals surface area (Å²) in [5.74, 6) is -0.656. The van der Waals surface area contributed by atoms with Crippen LogP contribution in [-0.4, -0.2) is 55.6 Å². The summed E-state index contributed by atoms with van der Waals surface area (Å²) in [4.78, 5) is 54.4. The van der Waals surface area contributed by atoms with Crippen molar-refractivity contribution in [3.8, 4) is 5.69 Å². The first kappa shape index (κ1) is 34.0. The molecule has 0 unspecified atom stereocenters. The second-order valence-corrected chi connectivity index (χ2v) is 14.2. The number of nitrogens with one attached hydrogen (secondary N) is 2. The molecule has 3 heterocycles. The standard InChI is InChI=1S/C37H30N6O5S3/c44-28(39-32-31(33(45)38-24-14-4-1-5-15-24)51-37(49)43(32)25-16-6-2-7-17-25)22-50-36-41-40-29(48-36)20-8-3-9-21-42-34(46)26-18-10-12-23-13-11-19-27(30(23)26)35(42)47/h1-2,4-7,10-19H,3,8-9,20-22H2,(H,38,45)(H,39,44). The molecule has 14 heteroatoms. The molecule has 256 valence electrons. The molecule has 0 radical (unpaired) electrons. The van der Waals surface area contributed by atoms with Gasteiger partial charge in [-0.15, -0.1) is 10.2 Å². The number of anilines is 2. The third-order valence-electron chi connectivity index (χ3n) is 8.22. The number of carbonyl (C=O) groups excluding carboxylic acids is 4. The molecule has 0 saturated carbocycles. The number of hydrogen-bond donors (Lipinski definition) is 2. The Balaban J connectivity index is 0.925. The average Bonchev–Trinajstić information content (AvgIpc) is 3.74. The summed E-state index contributed by atoms with van der Waals surface area (Å²) in [6.07, 6.45) is 2.60. The van der Waals surface area contributed by atoms with Crippen molar-refractivity contribution in [3.63, 3.8) is 0 Å². The molecular formula is C37H30N6O5S3. The number of hydrogen-bond acceptors (Lipinski definition) is 10. The van der Waals surface area contributed by atoms with Gasteiger partial charge in [0.1, 0.15) is 10.7 Å². The molecule has 0 saturated heterocycles. The highest BCUT2D eigenvalue weighted by Gasteiger charge is 2.32. The van der Waals surface area contributed by atoms with Crippen LogP contribution in [0.2, 0.25) is 0 Å². The molecule has 6 aromatic rings. The molecule has 4 amide bonds. The summed E-state index contributed by atoms with van der Waals surface area (Å²) >= 11 is 7.81. The molecule has 0 aliphatic carbocycles. The zero-order valence-electron chi connectivity index (χ0n) is 27.0. The summed E-state index contributed by atoms with van der Waals surface area (Å²) in [6, 6.07) is 29.3. The number of benzene rings is 4. The molecule has 0 atom stereocenters. The van der Waals surface area contributed by atoms with Gasteiger partial charge in [0.2, 0.25) is 11.8 Å². The number of thiazole rings is 1. The minimum Gasteiger partial charge on any atom is -0.416 e. The number of unbranched alkanes of at least 4 members (excludes halogenated alkanes) is 2. The second-order valence-electron chi connectivity index (χ2n) is 11.6. The van der Waals surface area contributed by atoms with Crippen LogP contribution in [0.5, 0.6) is 0 Å². The van der Waals surface area contributed by atoms with Crippen LogP contribution in [0.25, 0.3) is 16.5 Å². The van der Waals surface area contributed by atoms with Crippen LogP contribution in [0, 0.1) is 3.95 Å². The van der Waals surface area contributed by atoms with Crippen molar-refractivity contribution in [1.29, 1.82) is 0 Å². The van der Waals surface area contributed by atoms with Gasteiger partial charge < -0.3 is 15.1 Å². The predicted octanol–water partition coefficient (Wildman–Crippen LogP) is 7.80. The lowest BCUT2D eigenvalue weighted by Crippen LogP contribution is -2.40. The van der Waals surface area contributed by atoms with E-state index in [0.29, 0.717) is 58.2 Å². The fourth-order valence-corrected chi connectivity index (χ4v) is 7.73. The number of para-hydroxylation sites is 2. The van der Waals surface area contributed by atoms with Crippen molar-refractivity contribution in [2.75, 3.05) is 22.9 Å². The van der Waals surface area contributed by atoms with Gasteiger partial charge in [-0.2, -0.15) is 0 Å². The molecule has 1 aliphatic heterocycles. The monoisotopic (exact) mass is 734 g/mol. The molecule has 51 heavy (non-hydrogen) atoms. The zero-order chi connectivity index (χ0) is 35.3. The first-order valence-electron chi connectivity index (χ1n) is 16.2. The Morgan fingerprint density at radius 3 is 2.20 bits per heavy atom. The third-order valence-corrected chi connectivity index (χ3v) is 10.4. The van der Waals surface area contributed by atoms with Gasteiger partial charge in [-0.1, -0.05) is 90.2 Å². The van der Waals surface area contributed by atoms with Crippen molar-refractivity contribution in [2.45, 2.75) is 30.9 Å². The minimum atomic E-state index is -0.395. The number of imide groups is 1. The average molecular weight is 735 g/mol. The Labute approximate surface area is 305 Å². The van der Waals surface area contributed by atoms with Crippen molar-refractivity contribution < 1.29 is 23.6 Å². The minimum absolute atomic E-state index is 0.0481. The molecule has 0 bridgehead atoms. The molecule has 1 aliphatic rings. The lowest BCUT2D eigenvalue weighted by atomic mass is 9.94. The zero-order valence-corrected chi connectivity index (χ0v) is 29.5. The first-order valence-corrected chi connectivity index (χ1v) is 18.4. The maximum atomic E-state index is 13.3. The van der Waals surface area contributed by atoms with Crippen LogP contribution in [0.3, 0.4) is 0 Å². The number of aryl methyl sites for hydroxylation is 1. The quantitative estimate of drug-likeness (QED) is 0.0527. The van der Waals surface area contributed by atoms with Gasteiger partial charge in [-0.25, -0.2) is 0 Å².